The minimum Gasteiger partial charge on any atom is -0.493 e. The quantitative estimate of drug-likeness (QED) is 0.406. The van der Waals surface area contributed by atoms with Crippen LogP contribution in [0, 0.1) is 6.92 Å². The molecule has 0 aliphatic carbocycles. The Morgan fingerprint density at radius 2 is 1.82 bits per heavy atom. The van der Waals surface area contributed by atoms with E-state index in [2.05, 4.69) is 10.4 Å². The predicted octanol–water partition coefficient (Wildman–Crippen LogP) is 4.73. The zero-order valence-corrected chi connectivity index (χ0v) is 19.6. The number of aromatic nitrogens is 3. The monoisotopic (exact) mass is 464 g/mol. The summed E-state index contributed by atoms with van der Waals surface area (Å²) in [6.45, 7) is 3.56. The summed E-state index contributed by atoms with van der Waals surface area (Å²) in [6, 6.07) is 16.6. The van der Waals surface area contributed by atoms with Gasteiger partial charge in [0.25, 0.3) is 5.91 Å². The van der Waals surface area contributed by atoms with Crippen molar-refractivity contribution in [2.45, 2.75) is 20.0 Å². The van der Waals surface area contributed by atoms with Crippen molar-refractivity contribution < 1.29 is 19.0 Å². The van der Waals surface area contributed by atoms with E-state index in [0.717, 1.165) is 17.0 Å². The second-order valence-corrected chi connectivity index (χ2v) is 8.07. The summed E-state index contributed by atoms with van der Waals surface area (Å²) < 4.78 is 18.1. The van der Waals surface area contributed by atoms with Gasteiger partial charge in [-0.2, -0.15) is 9.78 Å². The van der Waals surface area contributed by atoms with Gasteiger partial charge in [-0.05, 0) is 44.2 Å². The average Bonchev–Trinajstić information content (AvgIpc) is 3.45. The Hall–Kier alpha value is -3.85. The number of amides is 1. The normalized spacial score (nSPS) is 11.6. The summed E-state index contributed by atoms with van der Waals surface area (Å²) in [5, 5.41) is 9.96. The number of hydrogen-bond donors (Lipinski definition) is 1. The number of nitrogens with one attached hydrogen (secondary N) is 1. The third-order valence-corrected chi connectivity index (χ3v) is 5.68. The zero-order valence-electron chi connectivity index (χ0n) is 18.7. The van der Waals surface area contributed by atoms with E-state index in [-0.39, 0.29) is 5.91 Å². The first kappa shape index (κ1) is 22.3. The van der Waals surface area contributed by atoms with Gasteiger partial charge in [0.1, 0.15) is 11.6 Å². The molecule has 0 bridgehead atoms. The molecule has 0 aliphatic heterocycles. The lowest BCUT2D eigenvalue weighted by Crippen LogP contribution is -2.30. The summed E-state index contributed by atoms with van der Waals surface area (Å²) in [5.41, 5.74) is 2.40. The number of benzene rings is 2. The van der Waals surface area contributed by atoms with E-state index in [0.29, 0.717) is 28.2 Å². The van der Waals surface area contributed by atoms with Crippen LogP contribution in [0.3, 0.4) is 0 Å². The molecule has 0 spiro atoms. The number of thiazole rings is 1. The highest BCUT2D eigenvalue weighted by atomic mass is 32.1. The molecule has 1 atom stereocenters. The van der Waals surface area contributed by atoms with Crippen LogP contribution in [0.4, 0.5) is 5.82 Å². The number of para-hydroxylation sites is 1. The lowest BCUT2D eigenvalue weighted by Gasteiger charge is -2.14. The van der Waals surface area contributed by atoms with Crippen molar-refractivity contribution in [3.63, 3.8) is 0 Å². The fourth-order valence-corrected chi connectivity index (χ4v) is 4.00. The summed E-state index contributed by atoms with van der Waals surface area (Å²) in [6.07, 6.45) is -0.685. The van der Waals surface area contributed by atoms with Gasteiger partial charge in [-0.15, -0.1) is 11.3 Å². The molecule has 4 rings (SSSR count). The van der Waals surface area contributed by atoms with Crippen LogP contribution in [0.15, 0.2) is 60.0 Å². The van der Waals surface area contributed by atoms with Crippen molar-refractivity contribution >= 4 is 23.1 Å². The van der Waals surface area contributed by atoms with Crippen LogP contribution in [0.25, 0.3) is 16.4 Å². The Labute approximate surface area is 195 Å². The molecule has 2 aromatic heterocycles. The van der Waals surface area contributed by atoms with Crippen molar-refractivity contribution in [2.24, 2.45) is 0 Å². The van der Waals surface area contributed by atoms with Crippen molar-refractivity contribution in [1.29, 1.82) is 0 Å². The molecule has 0 aliphatic rings. The molecule has 2 aromatic carbocycles. The van der Waals surface area contributed by atoms with Gasteiger partial charge in [-0.3, -0.25) is 4.79 Å². The van der Waals surface area contributed by atoms with Crippen LogP contribution in [0.2, 0.25) is 0 Å². The first-order valence-electron chi connectivity index (χ1n) is 10.3. The summed E-state index contributed by atoms with van der Waals surface area (Å²) in [5.74, 6) is 2.14. The highest BCUT2D eigenvalue weighted by Crippen LogP contribution is 2.33. The molecule has 170 valence electrons. The van der Waals surface area contributed by atoms with Crippen molar-refractivity contribution in [3.8, 4) is 33.6 Å². The molecular weight excluding hydrogens is 440 g/mol. The zero-order chi connectivity index (χ0) is 23.4. The second kappa shape index (κ2) is 9.74. The number of carbonyl (C=O) groups is 1. The van der Waals surface area contributed by atoms with Crippen molar-refractivity contribution in [2.75, 3.05) is 19.5 Å². The Balaban J connectivity index is 1.54. The molecule has 0 fully saturated rings. The number of hydrogen-bond acceptors (Lipinski definition) is 7. The van der Waals surface area contributed by atoms with Crippen LogP contribution in [-0.2, 0) is 4.79 Å². The van der Waals surface area contributed by atoms with Crippen molar-refractivity contribution in [1.82, 2.24) is 14.8 Å². The van der Waals surface area contributed by atoms with Crippen LogP contribution in [-0.4, -0.2) is 41.0 Å². The molecule has 33 heavy (non-hydrogen) atoms. The van der Waals surface area contributed by atoms with Gasteiger partial charge in [0.2, 0.25) is 5.13 Å². The molecule has 1 N–H and O–H groups in total. The van der Waals surface area contributed by atoms with E-state index in [1.807, 2.05) is 60.8 Å². The largest absolute Gasteiger partial charge is 0.493 e. The van der Waals surface area contributed by atoms with Crippen molar-refractivity contribution in [3.05, 3.63) is 65.7 Å². The molecule has 0 saturated heterocycles. The minimum atomic E-state index is -0.685. The van der Waals surface area contributed by atoms with Crippen LogP contribution >= 0.6 is 11.3 Å². The molecule has 0 radical (unpaired) electrons. The lowest BCUT2D eigenvalue weighted by molar-refractivity contribution is -0.122. The average molecular weight is 465 g/mol. The molecule has 0 unspecified atom stereocenters. The standard InChI is InChI=1S/C24H24N4O4S/c1-15-12-22(26-23(29)16(2)32-18-8-6-5-7-9-18)28(27-15)24-25-19(14-33-24)17-10-11-20(30-3)21(13-17)31-4/h5-14,16H,1-4H3,(H,26,29)/t16-/m1/s1. The Kier molecular flexibility index (Phi) is 6.60. The number of aryl methyl sites for hydroxylation is 1. The molecule has 9 heteroatoms. The van der Waals surface area contributed by atoms with E-state index >= 15 is 0 Å². The predicted molar refractivity (Wildman–Crippen MR) is 128 cm³/mol. The maximum absolute atomic E-state index is 12.7. The van der Waals surface area contributed by atoms with E-state index in [9.17, 15) is 4.79 Å². The van der Waals surface area contributed by atoms with Crippen LogP contribution < -0.4 is 19.5 Å². The molecule has 4 aromatic rings. The van der Waals surface area contributed by atoms with Gasteiger partial charge in [-0.1, -0.05) is 18.2 Å². The van der Waals surface area contributed by atoms with Gasteiger partial charge in [0, 0.05) is 17.0 Å². The molecule has 8 nitrogen and oxygen atoms in total. The SMILES string of the molecule is COc1ccc(-c2csc(-n3nc(C)cc3NC(=O)[C@@H](C)Oc3ccccc3)n2)cc1OC. The first-order chi connectivity index (χ1) is 16.0. The van der Waals surface area contributed by atoms with Gasteiger partial charge >= 0.3 is 0 Å². The first-order valence-corrected chi connectivity index (χ1v) is 11.1. The number of ether oxygens (including phenoxy) is 3. The molecule has 1 amide bonds. The van der Waals surface area contributed by atoms with Crippen LogP contribution in [0.5, 0.6) is 17.2 Å². The summed E-state index contributed by atoms with van der Waals surface area (Å²) in [7, 11) is 3.19. The number of carbonyl (C=O) groups excluding carboxylic acids is 1. The Morgan fingerprint density at radius 3 is 2.55 bits per heavy atom. The lowest BCUT2D eigenvalue weighted by atomic mass is 10.1. The van der Waals surface area contributed by atoms with Gasteiger partial charge < -0.3 is 19.5 Å². The number of methoxy groups -OCH3 is 2. The van der Waals surface area contributed by atoms with E-state index in [1.165, 1.54) is 11.3 Å². The highest BCUT2D eigenvalue weighted by Gasteiger charge is 2.19. The van der Waals surface area contributed by atoms with Gasteiger partial charge in [-0.25, -0.2) is 4.98 Å². The van der Waals surface area contributed by atoms with E-state index in [4.69, 9.17) is 19.2 Å². The van der Waals surface area contributed by atoms with Gasteiger partial charge in [0.15, 0.2) is 17.6 Å². The second-order valence-electron chi connectivity index (χ2n) is 7.23. The fourth-order valence-electron chi connectivity index (χ4n) is 3.21. The fraction of sp³-hybridized carbons (Fsp3) is 0.208. The summed E-state index contributed by atoms with van der Waals surface area (Å²) >= 11 is 1.42. The number of nitrogens with zero attached hydrogens (tertiary/aromatic N) is 3. The maximum Gasteiger partial charge on any atom is 0.266 e. The topological polar surface area (TPSA) is 87.5 Å². The van der Waals surface area contributed by atoms with Crippen LogP contribution in [0.1, 0.15) is 12.6 Å². The van der Waals surface area contributed by atoms with Gasteiger partial charge in [0.05, 0.1) is 25.6 Å². The molecular formula is C24H24N4O4S. The third-order valence-electron chi connectivity index (χ3n) is 4.86. The highest BCUT2D eigenvalue weighted by molar-refractivity contribution is 7.12. The van der Waals surface area contributed by atoms with E-state index in [1.54, 1.807) is 31.9 Å². The smallest absolute Gasteiger partial charge is 0.266 e. The number of rotatable bonds is 8. The minimum absolute atomic E-state index is 0.281. The Bertz CT molecular complexity index is 1250. The molecule has 2 heterocycles. The summed E-state index contributed by atoms with van der Waals surface area (Å²) in [4.78, 5) is 17.5. The Morgan fingerprint density at radius 1 is 1.06 bits per heavy atom. The maximum atomic E-state index is 12.7. The molecule has 0 saturated carbocycles. The number of anilines is 1. The third kappa shape index (κ3) is 4.98. The van der Waals surface area contributed by atoms with E-state index < -0.39 is 6.10 Å².